The highest BCUT2D eigenvalue weighted by atomic mass is 32.2. The number of hydrogen-bond donors (Lipinski definition) is 1. The molecule has 0 aliphatic heterocycles. The van der Waals surface area contributed by atoms with Crippen molar-refractivity contribution in [2.45, 2.75) is 23.6 Å². The molecule has 88 valence electrons. The van der Waals surface area contributed by atoms with E-state index in [4.69, 9.17) is 11.0 Å². The topological polar surface area (TPSA) is 62.7 Å². The van der Waals surface area contributed by atoms with E-state index in [0.717, 1.165) is 38.8 Å². The molecule has 0 spiro atoms. The summed E-state index contributed by atoms with van der Waals surface area (Å²) in [6.07, 6.45) is 2.69. The molecule has 2 rings (SSSR count). The summed E-state index contributed by atoms with van der Waals surface area (Å²) in [4.78, 5) is 4.53. The van der Waals surface area contributed by atoms with Crippen molar-refractivity contribution in [1.29, 1.82) is 5.26 Å². The number of benzene rings is 1. The number of rotatable bonds is 5. The molecule has 0 amide bonds. The van der Waals surface area contributed by atoms with Crippen molar-refractivity contribution in [2.75, 3.05) is 11.5 Å². The molecule has 17 heavy (non-hydrogen) atoms. The molecule has 3 nitrogen and oxygen atoms in total. The highest BCUT2D eigenvalue weighted by Gasteiger charge is 2.04. The van der Waals surface area contributed by atoms with Crippen LogP contribution in [0.15, 0.2) is 22.5 Å². The van der Waals surface area contributed by atoms with E-state index in [9.17, 15) is 0 Å². The Labute approximate surface area is 109 Å². The lowest BCUT2D eigenvalue weighted by atomic mass is 10.3. The molecule has 0 saturated carbocycles. The van der Waals surface area contributed by atoms with Gasteiger partial charge in [0.05, 0.1) is 16.3 Å². The van der Waals surface area contributed by atoms with Gasteiger partial charge in [0.25, 0.3) is 0 Å². The van der Waals surface area contributed by atoms with Crippen molar-refractivity contribution in [1.82, 2.24) is 4.98 Å². The predicted octanol–water partition coefficient (Wildman–Crippen LogP) is 3.66. The standard InChI is InChI=1S/C12H13N3S2/c13-6-2-1-3-7-16-12-15-10-5-4-9(14)8-11(10)17-12/h4-5,8H,1-3,7,14H2. The zero-order valence-electron chi connectivity index (χ0n) is 9.35. The highest BCUT2D eigenvalue weighted by Crippen LogP contribution is 2.31. The fraction of sp³-hybridized carbons (Fsp3) is 0.333. The highest BCUT2D eigenvalue weighted by molar-refractivity contribution is 8.01. The lowest BCUT2D eigenvalue weighted by Crippen LogP contribution is -1.81. The van der Waals surface area contributed by atoms with Crippen molar-refractivity contribution in [3.05, 3.63) is 18.2 Å². The second-order valence-corrected chi connectivity index (χ2v) is 6.04. The van der Waals surface area contributed by atoms with E-state index in [1.807, 2.05) is 18.2 Å². The number of hydrogen-bond acceptors (Lipinski definition) is 5. The molecule has 0 fully saturated rings. The van der Waals surface area contributed by atoms with Gasteiger partial charge in [0, 0.05) is 17.9 Å². The molecule has 0 unspecified atom stereocenters. The quantitative estimate of drug-likeness (QED) is 0.508. The van der Waals surface area contributed by atoms with E-state index < -0.39 is 0 Å². The van der Waals surface area contributed by atoms with Crippen LogP contribution in [0.2, 0.25) is 0 Å². The zero-order chi connectivity index (χ0) is 12.1. The Bertz CT molecular complexity index is 542. The second-order valence-electron chi connectivity index (χ2n) is 3.67. The number of thioether (sulfide) groups is 1. The van der Waals surface area contributed by atoms with Crippen molar-refractivity contribution in [3.8, 4) is 6.07 Å². The minimum Gasteiger partial charge on any atom is -0.399 e. The SMILES string of the molecule is N#CCCCCSc1nc2ccc(N)cc2s1. The largest absolute Gasteiger partial charge is 0.399 e. The van der Waals surface area contributed by atoms with E-state index in [1.54, 1.807) is 23.1 Å². The number of nitrogens with zero attached hydrogens (tertiary/aromatic N) is 2. The molecule has 0 aliphatic rings. The van der Waals surface area contributed by atoms with Gasteiger partial charge < -0.3 is 5.73 Å². The Morgan fingerprint density at radius 3 is 3.12 bits per heavy atom. The molecule has 0 saturated heterocycles. The van der Waals surface area contributed by atoms with Gasteiger partial charge in [-0.25, -0.2) is 4.98 Å². The predicted molar refractivity (Wildman–Crippen MR) is 74.2 cm³/mol. The van der Waals surface area contributed by atoms with Gasteiger partial charge in [0.1, 0.15) is 0 Å². The van der Waals surface area contributed by atoms with Gasteiger partial charge in [-0.15, -0.1) is 11.3 Å². The second kappa shape index (κ2) is 5.89. The van der Waals surface area contributed by atoms with Crippen LogP contribution in [0, 0.1) is 11.3 Å². The van der Waals surface area contributed by atoms with Gasteiger partial charge in [-0.2, -0.15) is 5.26 Å². The van der Waals surface area contributed by atoms with Crippen molar-refractivity contribution in [2.24, 2.45) is 0 Å². The first-order valence-corrected chi connectivity index (χ1v) is 7.25. The first-order valence-electron chi connectivity index (χ1n) is 5.45. The Morgan fingerprint density at radius 2 is 2.29 bits per heavy atom. The van der Waals surface area contributed by atoms with Crippen LogP contribution in [0.4, 0.5) is 5.69 Å². The summed E-state index contributed by atoms with van der Waals surface area (Å²) in [5.74, 6) is 1.02. The smallest absolute Gasteiger partial charge is 0.151 e. The Morgan fingerprint density at radius 1 is 1.41 bits per heavy atom. The molecule has 2 N–H and O–H groups in total. The number of nitrogen functional groups attached to an aromatic ring is 1. The van der Waals surface area contributed by atoms with E-state index >= 15 is 0 Å². The fourth-order valence-corrected chi connectivity index (χ4v) is 3.63. The maximum absolute atomic E-state index is 8.42. The number of anilines is 1. The zero-order valence-corrected chi connectivity index (χ0v) is 11.0. The van der Waals surface area contributed by atoms with Crippen LogP contribution in [0.1, 0.15) is 19.3 Å². The first kappa shape index (κ1) is 12.2. The summed E-state index contributed by atoms with van der Waals surface area (Å²) >= 11 is 3.44. The summed E-state index contributed by atoms with van der Waals surface area (Å²) in [5.41, 5.74) is 7.53. The molecule has 0 bridgehead atoms. The lowest BCUT2D eigenvalue weighted by molar-refractivity contribution is 0.830. The number of aromatic nitrogens is 1. The summed E-state index contributed by atoms with van der Waals surface area (Å²) in [6.45, 7) is 0. The van der Waals surface area contributed by atoms with Crippen molar-refractivity contribution >= 4 is 39.0 Å². The van der Waals surface area contributed by atoms with Crippen LogP contribution in [0.25, 0.3) is 10.2 Å². The van der Waals surface area contributed by atoms with E-state index in [2.05, 4.69) is 11.1 Å². The number of nitriles is 1. The Balaban J connectivity index is 1.93. The molecule has 2 aromatic rings. The molecule has 0 aliphatic carbocycles. The molecule has 1 aromatic heterocycles. The minimum atomic E-state index is 0.650. The Kier molecular flexibility index (Phi) is 4.24. The maximum Gasteiger partial charge on any atom is 0.151 e. The van der Waals surface area contributed by atoms with Gasteiger partial charge in [-0.1, -0.05) is 11.8 Å². The first-order chi connectivity index (χ1) is 8.29. The average Bonchev–Trinajstić information content (AvgIpc) is 2.70. The van der Waals surface area contributed by atoms with Gasteiger partial charge in [0.2, 0.25) is 0 Å². The van der Waals surface area contributed by atoms with Crippen LogP contribution in [0.5, 0.6) is 0 Å². The number of thiazole rings is 1. The fourth-order valence-electron chi connectivity index (χ4n) is 1.45. The van der Waals surface area contributed by atoms with Crippen LogP contribution in [0.3, 0.4) is 0 Å². The molecular weight excluding hydrogens is 250 g/mol. The summed E-state index contributed by atoms with van der Waals surface area (Å²) in [7, 11) is 0. The number of unbranched alkanes of at least 4 members (excludes halogenated alkanes) is 2. The monoisotopic (exact) mass is 263 g/mol. The summed E-state index contributed by atoms with van der Waals surface area (Å²) in [5, 5.41) is 8.42. The molecular formula is C12H13N3S2. The molecule has 1 aromatic carbocycles. The third-order valence-corrected chi connectivity index (χ3v) is 4.55. The molecule has 5 heteroatoms. The Hall–Kier alpha value is -1.25. The molecule has 0 atom stereocenters. The van der Waals surface area contributed by atoms with Crippen LogP contribution in [-0.2, 0) is 0 Å². The van der Waals surface area contributed by atoms with Crippen LogP contribution in [-0.4, -0.2) is 10.7 Å². The normalized spacial score (nSPS) is 10.5. The van der Waals surface area contributed by atoms with Crippen LogP contribution >= 0.6 is 23.1 Å². The van der Waals surface area contributed by atoms with Gasteiger partial charge >= 0.3 is 0 Å². The summed E-state index contributed by atoms with van der Waals surface area (Å²) < 4.78 is 2.23. The van der Waals surface area contributed by atoms with Gasteiger partial charge in [-0.05, 0) is 31.0 Å². The molecule has 0 radical (unpaired) electrons. The average molecular weight is 263 g/mol. The van der Waals surface area contributed by atoms with E-state index in [-0.39, 0.29) is 0 Å². The maximum atomic E-state index is 8.42. The number of fused-ring (bicyclic) bond motifs is 1. The van der Waals surface area contributed by atoms with Crippen LogP contribution < -0.4 is 5.73 Å². The molecule has 1 heterocycles. The van der Waals surface area contributed by atoms with Gasteiger partial charge in [0.15, 0.2) is 4.34 Å². The van der Waals surface area contributed by atoms with Gasteiger partial charge in [-0.3, -0.25) is 0 Å². The van der Waals surface area contributed by atoms with E-state index in [0.29, 0.717) is 6.42 Å². The minimum absolute atomic E-state index is 0.650. The lowest BCUT2D eigenvalue weighted by Gasteiger charge is -1.94. The summed E-state index contributed by atoms with van der Waals surface area (Å²) in [6, 6.07) is 7.96. The number of nitrogens with two attached hydrogens (primary N) is 1. The van der Waals surface area contributed by atoms with Crippen molar-refractivity contribution < 1.29 is 0 Å². The van der Waals surface area contributed by atoms with E-state index in [1.165, 1.54) is 0 Å². The third kappa shape index (κ3) is 3.35. The van der Waals surface area contributed by atoms with Crippen molar-refractivity contribution in [3.63, 3.8) is 0 Å². The third-order valence-electron chi connectivity index (χ3n) is 2.30.